The van der Waals surface area contributed by atoms with E-state index in [9.17, 15) is 4.79 Å². The lowest BCUT2D eigenvalue weighted by Gasteiger charge is -2.23. The fourth-order valence-corrected chi connectivity index (χ4v) is 1.27. The van der Waals surface area contributed by atoms with Crippen LogP contribution >= 0.6 is 0 Å². The van der Waals surface area contributed by atoms with E-state index >= 15 is 0 Å². The Morgan fingerprint density at radius 2 is 2.13 bits per heavy atom. The molecule has 0 N–H and O–H groups in total. The van der Waals surface area contributed by atoms with Gasteiger partial charge in [-0.1, -0.05) is 13.8 Å². The summed E-state index contributed by atoms with van der Waals surface area (Å²) in [5, 5.41) is 0. The first-order valence-corrected chi connectivity index (χ1v) is 5.64. The van der Waals surface area contributed by atoms with E-state index in [1.54, 1.807) is 0 Å². The summed E-state index contributed by atoms with van der Waals surface area (Å²) in [6.07, 6.45) is 2.20. The summed E-state index contributed by atoms with van der Waals surface area (Å²) >= 11 is 0. The standard InChI is InChI=1S/C11H20O4/c1-3-9(2)11(12)15-8-5-10-13-6-4-7-14-10/h9-10H,3-8H2,1-2H3. The summed E-state index contributed by atoms with van der Waals surface area (Å²) < 4.78 is 15.8. The molecule has 0 bridgehead atoms. The van der Waals surface area contributed by atoms with Gasteiger partial charge < -0.3 is 14.2 Å². The molecule has 1 rings (SSSR count). The largest absolute Gasteiger partial charge is 0.465 e. The molecule has 0 aliphatic carbocycles. The molecule has 0 amide bonds. The fourth-order valence-electron chi connectivity index (χ4n) is 1.27. The molecule has 1 saturated heterocycles. The smallest absolute Gasteiger partial charge is 0.308 e. The van der Waals surface area contributed by atoms with Gasteiger partial charge in [0.25, 0.3) is 0 Å². The van der Waals surface area contributed by atoms with Gasteiger partial charge in [-0.15, -0.1) is 0 Å². The number of carbonyl (C=O) groups is 1. The Bertz CT molecular complexity index is 187. The summed E-state index contributed by atoms with van der Waals surface area (Å²) in [7, 11) is 0. The molecule has 1 heterocycles. The van der Waals surface area contributed by atoms with Crippen LogP contribution in [0.15, 0.2) is 0 Å². The Labute approximate surface area is 90.9 Å². The zero-order valence-corrected chi connectivity index (χ0v) is 9.53. The molecule has 1 unspecified atom stereocenters. The Kier molecular flexibility index (Phi) is 5.65. The molecule has 1 aliphatic heterocycles. The van der Waals surface area contributed by atoms with E-state index in [2.05, 4.69) is 0 Å². The highest BCUT2D eigenvalue weighted by Crippen LogP contribution is 2.09. The lowest BCUT2D eigenvalue weighted by atomic mass is 10.1. The van der Waals surface area contributed by atoms with Crippen LogP contribution in [0.25, 0.3) is 0 Å². The zero-order valence-electron chi connectivity index (χ0n) is 9.53. The van der Waals surface area contributed by atoms with Gasteiger partial charge in [-0.05, 0) is 12.8 Å². The Hall–Kier alpha value is -0.610. The van der Waals surface area contributed by atoms with Crippen molar-refractivity contribution in [2.24, 2.45) is 5.92 Å². The summed E-state index contributed by atoms with van der Waals surface area (Å²) in [5.74, 6) is -0.147. The minimum Gasteiger partial charge on any atom is -0.465 e. The molecular weight excluding hydrogens is 196 g/mol. The maximum Gasteiger partial charge on any atom is 0.308 e. The average Bonchev–Trinajstić information content (AvgIpc) is 2.29. The second-order valence-corrected chi connectivity index (χ2v) is 3.79. The molecule has 88 valence electrons. The number of rotatable bonds is 5. The van der Waals surface area contributed by atoms with E-state index in [-0.39, 0.29) is 18.2 Å². The number of carbonyl (C=O) groups excluding carboxylic acids is 1. The number of hydrogen-bond donors (Lipinski definition) is 0. The molecule has 0 aromatic carbocycles. The van der Waals surface area contributed by atoms with Gasteiger partial charge in [-0.25, -0.2) is 0 Å². The van der Waals surface area contributed by atoms with Crippen LogP contribution in [-0.2, 0) is 19.0 Å². The summed E-state index contributed by atoms with van der Waals surface area (Å²) in [6.45, 7) is 5.71. The molecule has 0 spiro atoms. The van der Waals surface area contributed by atoms with E-state index in [1.807, 2.05) is 13.8 Å². The summed E-state index contributed by atoms with van der Waals surface area (Å²) in [4.78, 5) is 11.3. The van der Waals surface area contributed by atoms with Crippen molar-refractivity contribution in [3.8, 4) is 0 Å². The maximum absolute atomic E-state index is 11.3. The molecule has 1 aliphatic rings. The van der Waals surface area contributed by atoms with Crippen molar-refractivity contribution >= 4 is 5.97 Å². The van der Waals surface area contributed by atoms with Crippen molar-refractivity contribution in [1.29, 1.82) is 0 Å². The maximum atomic E-state index is 11.3. The molecule has 0 saturated carbocycles. The van der Waals surface area contributed by atoms with Crippen molar-refractivity contribution in [3.05, 3.63) is 0 Å². The molecule has 1 fully saturated rings. The van der Waals surface area contributed by atoms with Gasteiger partial charge >= 0.3 is 5.97 Å². The summed E-state index contributed by atoms with van der Waals surface area (Å²) in [5.41, 5.74) is 0. The first-order chi connectivity index (χ1) is 7.24. The van der Waals surface area contributed by atoms with Crippen molar-refractivity contribution in [2.45, 2.75) is 39.4 Å². The monoisotopic (exact) mass is 216 g/mol. The van der Waals surface area contributed by atoms with Gasteiger partial charge in [0.15, 0.2) is 6.29 Å². The van der Waals surface area contributed by atoms with E-state index in [0.717, 1.165) is 26.1 Å². The van der Waals surface area contributed by atoms with E-state index in [4.69, 9.17) is 14.2 Å². The second kappa shape index (κ2) is 6.80. The molecule has 15 heavy (non-hydrogen) atoms. The highest BCUT2D eigenvalue weighted by molar-refractivity contribution is 5.71. The van der Waals surface area contributed by atoms with Gasteiger partial charge in [-0.3, -0.25) is 4.79 Å². The minimum atomic E-state index is -0.191. The third-order valence-electron chi connectivity index (χ3n) is 2.51. The van der Waals surface area contributed by atoms with Gasteiger partial charge in [0.2, 0.25) is 0 Å². The van der Waals surface area contributed by atoms with Crippen LogP contribution in [0.1, 0.15) is 33.1 Å². The average molecular weight is 216 g/mol. The second-order valence-electron chi connectivity index (χ2n) is 3.79. The molecular formula is C11H20O4. The van der Waals surface area contributed by atoms with Crippen molar-refractivity contribution in [2.75, 3.05) is 19.8 Å². The third-order valence-corrected chi connectivity index (χ3v) is 2.51. The van der Waals surface area contributed by atoms with E-state index < -0.39 is 0 Å². The Morgan fingerprint density at radius 3 is 2.73 bits per heavy atom. The van der Waals surface area contributed by atoms with E-state index in [0.29, 0.717) is 13.0 Å². The zero-order chi connectivity index (χ0) is 11.1. The fraction of sp³-hybridized carbons (Fsp3) is 0.909. The van der Waals surface area contributed by atoms with Gasteiger partial charge in [0.05, 0.1) is 25.7 Å². The predicted molar refractivity (Wildman–Crippen MR) is 55.3 cm³/mol. The van der Waals surface area contributed by atoms with Crippen LogP contribution in [-0.4, -0.2) is 32.1 Å². The quantitative estimate of drug-likeness (QED) is 0.656. The predicted octanol–water partition coefficient (Wildman–Crippen LogP) is 1.73. The first-order valence-electron chi connectivity index (χ1n) is 5.64. The summed E-state index contributed by atoms with van der Waals surface area (Å²) in [6, 6.07) is 0. The van der Waals surface area contributed by atoms with Crippen LogP contribution in [0, 0.1) is 5.92 Å². The van der Waals surface area contributed by atoms with Crippen LogP contribution in [0.4, 0.5) is 0 Å². The SMILES string of the molecule is CCC(C)C(=O)OCCC1OCCCO1. The van der Waals surface area contributed by atoms with Crippen molar-refractivity contribution < 1.29 is 19.0 Å². The van der Waals surface area contributed by atoms with Gasteiger partial charge in [-0.2, -0.15) is 0 Å². The number of ether oxygens (including phenoxy) is 3. The minimum absolute atomic E-state index is 0.0156. The number of hydrogen-bond acceptors (Lipinski definition) is 4. The van der Waals surface area contributed by atoms with E-state index in [1.165, 1.54) is 0 Å². The highest BCUT2D eigenvalue weighted by atomic mass is 16.7. The van der Waals surface area contributed by atoms with Crippen LogP contribution < -0.4 is 0 Å². The topological polar surface area (TPSA) is 44.8 Å². The van der Waals surface area contributed by atoms with Crippen LogP contribution in [0.3, 0.4) is 0 Å². The van der Waals surface area contributed by atoms with Crippen molar-refractivity contribution in [1.82, 2.24) is 0 Å². The molecule has 1 atom stereocenters. The number of esters is 1. The highest BCUT2D eigenvalue weighted by Gasteiger charge is 2.16. The molecule has 4 nitrogen and oxygen atoms in total. The molecule has 4 heteroatoms. The van der Waals surface area contributed by atoms with Crippen molar-refractivity contribution in [3.63, 3.8) is 0 Å². The van der Waals surface area contributed by atoms with Crippen LogP contribution in [0.5, 0.6) is 0 Å². The molecule has 0 aromatic heterocycles. The van der Waals surface area contributed by atoms with Gasteiger partial charge in [0, 0.05) is 6.42 Å². The first kappa shape index (κ1) is 12.5. The molecule has 0 radical (unpaired) electrons. The molecule has 0 aromatic rings. The normalized spacial score (nSPS) is 19.9. The lowest BCUT2D eigenvalue weighted by Crippen LogP contribution is -2.27. The lowest BCUT2D eigenvalue weighted by molar-refractivity contribution is -0.188. The van der Waals surface area contributed by atoms with Gasteiger partial charge in [0.1, 0.15) is 0 Å². The third kappa shape index (κ3) is 4.62. The Balaban J connectivity index is 2.07. The Morgan fingerprint density at radius 1 is 1.47 bits per heavy atom. The van der Waals surface area contributed by atoms with Crippen LogP contribution in [0.2, 0.25) is 0 Å².